The molecule has 0 fully saturated rings. The van der Waals surface area contributed by atoms with Crippen molar-refractivity contribution in [2.24, 2.45) is 0 Å². The Morgan fingerprint density at radius 1 is 1.14 bits per heavy atom. The molecule has 0 saturated carbocycles. The molecule has 3 nitrogen and oxygen atoms in total. The minimum Gasteiger partial charge on any atom is -0.264 e. The lowest BCUT2D eigenvalue weighted by Gasteiger charge is -2.16. The third kappa shape index (κ3) is 1.58. The largest absolute Gasteiger partial charge is 0.264 e. The highest BCUT2D eigenvalue weighted by molar-refractivity contribution is 5.76. The molecule has 2 heterocycles. The van der Waals surface area contributed by atoms with Gasteiger partial charge in [-0.2, -0.15) is 0 Å². The van der Waals surface area contributed by atoms with E-state index in [0.29, 0.717) is 0 Å². The first-order chi connectivity index (χ1) is 6.57. The van der Waals surface area contributed by atoms with Gasteiger partial charge in [0.1, 0.15) is 5.82 Å². The number of hydrogen-bond donors (Lipinski definition) is 0. The Balaban J connectivity index is 2.63. The third-order valence-electron chi connectivity index (χ3n) is 2.05. The fraction of sp³-hybridized carbons (Fsp3) is 0.364. The zero-order valence-corrected chi connectivity index (χ0v) is 8.65. The maximum absolute atomic E-state index is 4.50. The Morgan fingerprint density at radius 3 is 2.64 bits per heavy atom. The molecule has 0 unspecified atom stereocenters. The van der Waals surface area contributed by atoms with Crippen molar-refractivity contribution in [2.45, 2.75) is 26.2 Å². The molecule has 0 aliphatic heterocycles. The molecule has 2 rings (SSSR count). The van der Waals surface area contributed by atoms with E-state index in [1.165, 1.54) is 0 Å². The van der Waals surface area contributed by atoms with Crippen LogP contribution >= 0.6 is 0 Å². The summed E-state index contributed by atoms with van der Waals surface area (Å²) in [7, 11) is 0. The predicted octanol–water partition coefficient (Wildman–Crippen LogP) is 2.32. The van der Waals surface area contributed by atoms with Gasteiger partial charge in [0.15, 0.2) is 0 Å². The van der Waals surface area contributed by atoms with E-state index >= 15 is 0 Å². The van der Waals surface area contributed by atoms with Crippen LogP contribution in [-0.2, 0) is 5.41 Å². The molecular weight excluding hydrogens is 174 g/mol. The van der Waals surface area contributed by atoms with Crippen LogP contribution in [0.5, 0.6) is 0 Å². The Hall–Kier alpha value is -1.51. The van der Waals surface area contributed by atoms with E-state index in [4.69, 9.17) is 0 Å². The van der Waals surface area contributed by atoms with Gasteiger partial charge >= 0.3 is 0 Å². The van der Waals surface area contributed by atoms with Gasteiger partial charge in [-0.25, -0.2) is 9.97 Å². The summed E-state index contributed by atoms with van der Waals surface area (Å²) in [4.78, 5) is 12.8. The lowest BCUT2D eigenvalue weighted by molar-refractivity contribution is 0.548. The number of pyridine rings is 1. The molecule has 3 heteroatoms. The summed E-state index contributed by atoms with van der Waals surface area (Å²) in [5.41, 5.74) is 0.956. The van der Waals surface area contributed by atoms with Crippen LogP contribution in [0.4, 0.5) is 0 Å². The van der Waals surface area contributed by atoms with Crippen LogP contribution in [0.3, 0.4) is 0 Å². The second kappa shape index (κ2) is 3.01. The molecule has 0 bridgehead atoms. The lowest BCUT2D eigenvalue weighted by atomic mass is 9.95. The molecule has 0 atom stereocenters. The van der Waals surface area contributed by atoms with E-state index in [-0.39, 0.29) is 5.41 Å². The van der Waals surface area contributed by atoms with Crippen LogP contribution in [0, 0.1) is 0 Å². The first kappa shape index (κ1) is 9.06. The van der Waals surface area contributed by atoms with Crippen LogP contribution in [0.1, 0.15) is 26.6 Å². The summed E-state index contributed by atoms with van der Waals surface area (Å²) in [6.45, 7) is 6.32. The molecule has 0 N–H and O–H groups in total. The number of rotatable bonds is 0. The van der Waals surface area contributed by atoms with Gasteiger partial charge in [-0.1, -0.05) is 20.8 Å². The van der Waals surface area contributed by atoms with E-state index in [1.807, 2.05) is 12.3 Å². The molecule has 0 saturated heterocycles. The highest BCUT2D eigenvalue weighted by Gasteiger charge is 2.17. The van der Waals surface area contributed by atoms with E-state index in [2.05, 4.69) is 35.7 Å². The number of hydrogen-bond acceptors (Lipinski definition) is 3. The van der Waals surface area contributed by atoms with Crippen molar-refractivity contribution in [1.29, 1.82) is 0 Å². The Bertz CT molecular complexity index is 457. The van der Waals surface area contributed by atoms with E-state index in [9.17, 15) is 0 Å². The summed E-state index contributed by atoms with van der Waals surface area (Å²) in [6.07, 6.45) is 5.36. The van der Waals surface area contributed by atoms with Crippen molar-refractivity contribution >= 4 is 10.9 Å². The molecule has 14 heavy (non-hydrogen) atoms. The molecule has 0 radical (unpaired) electrons. The van der Waals surface area contributed by atoms with E-state index < -0.39 is 0 Å². The molecular formula is C11H13N3. The van der Waals surface area contributed by atoms with Crippen molar-refractivity contribution in [1.82, 2.24) is 15.0 Å². The predicted molar refractivity (Wildman–Crippen MR) is 56.0 cm³/mol. The Morgan fingerprint density at radius 2 is 1.93 bits per heavy atom. The molecule has 0 aliphatic rings. The monoisotopic (exact) mass is 187 g/mol. The number of nitrogens with zero attached hydrogens (tertiary/aromatic N) is 3. The van der Waals surface area contributed by atoms with Gasteiger partial charge in [0.05, 0.1) is 5.52 Å². The molecule has 72 valence electrons. The maximum atomic E-state index is 4.50. The zero-order valence-electron chi connectivity index (χ0n) is 8.65. The van der Waals surface area contributed by atoms with Crippen molar-refractivity contribution < 1.29 is 0 Å². The number of fused-ring (bicyclic) bond motifs is 1. The summed E-state index contributed by atoms with van der Waals surface area (Å²) in [5.74, 6) is 0.871. The van der Waals surface area contributed by atoms with Crippen LogP contribution in [-0.4, -0.2) is 15.0 Å². The van der Waals surface area contributed by atoms with Gasteiger partial charge in [0, 0.05) is 29.4 Å². The van der Waals surface area contributed by atoms with Gasteiger partial charge in [-0.05, 0) is 6.07 Å². The van der Waals surface area contributed by atoms with Crippen molar-refractivity contribution in [3.63, 3.8) is 0 Å². The van der Waals surface area contributed by atoms with Gasteiger partial charge in [0.2, 0.25) is 0 Å². The lowest BCUT2D eigenvalue weighted by Crippen LogP contribution is -2.15. The second-order valence-corrected chi connectivity index (χ2v) is 4.38. The Kier molecular flexibility index (Phi) is 1.95. The van der Waals surface area contributed by atoms with Crippen molar-refractivity contribution in [3.05, 3.63) is 30.5 Å². The summed E-state index contributed by atoms with van der Waals surface area (Å²) < 4.78 is 0. The fourth-order valence-electron chi connectivity index (χ4n) is 1.24. The molecule has 2 aromatic heterocycles. The van der Waals surface area contributed by atoms with Crippen LogP contribution in [0.25, 0.3) is 10.9 Å². The average molecular weight is 187 g/mol. The van der Waals surface area contributed by atoms with Gasteiger partial charge in [-0.3, -0.25) is 4.98 Å². The van der Waals surface area contributed by atoms with Crippen LogP contribution < -0.4 is 0 Å². The maximum Gasteiger partial charge on any atom is 0.134 e. The summed E-state index contributed by atoms with van der Waals surface area (Å²) in [6, 6.07) is 1.91. The van der Waals surface area contributed by atoms with Crippen LogP contribution in [0.2, 0.25) is 0 Å². The first-order valence-corrected chi connectivity index (χ1v) is 4.64. The highest BCUT2D eigenvalue weighted by atomic mass is 14.9. The minimum absolute atomic E-state index is 0.00252. The summed E-state index contributed by atoms with van der Waals surface area (Å²) >= 11 is 0. The zero-order chi connectivity index (χ0) is 10.2. The van der Waals surface area contributed by atoms with E-state index in [0.717, 1.165) is 16.7 Å². The second-order valence-electron chi connectivity index (χ2n) is 4.38. The highest BCUT2D eigenvalue weighted by Crippen LogP contribution is 2.19. The summed E-state index contributed by atoms with van der Waals surface area (Å²) in [5, 5.41) is 0.987. The van der Waals surface area contributed by atoms with Crippen molar-refractivity contribution in [2.75, 3.05) is 0 Å². The molecule has 2 aromatic rings. The minimum atomic E-state index is -0.00252. The SMILES string of the molecule is CC(C)(C)c1ncc2cnccc2n1. The topological polar surface area (TPSA) is 38.7 Å². The molecule has 0 aromatic carbocycles. The van der Waals surface area contributed by atoms with Gasteiger partial charge in [0.25, 0.3) is 0 Å². The van der Waals surface area contributed by atoms with Gasteiger partial charge in [-0.15, -0.1) is 0 Å². The van der Waals surface area contributed by atoms with Crippen molar-refractivity contribution in [3.8, 4) is 0 Å². The third-order valence-corrected chi connectivity index (χ3v) is 2.05. The first-order valence-electron chi connectivity index (χ1n) is 4.64. The molecule has 0 aliphatic carbocycles. The molecule has 0 amide bonds. The quantitative estimate of drug-likeness (QED) is 0.635. The fourth-order valence-corrected chi connectivity index (χ4v) is 1.24. The smallest absolute Gasteiger partial charge is 0.134 e. The average Bonchev–Trinajstić information content (AvgIpc) is 2.16. The van der Waals surface area contributed by atoms with E-state index in [1.54, 1.807) is 12.4 Å². The van der Waals surface area contributed by atoms with Crippen LogP contribution in [0.15, 0.2) is 24.7 Å². The number of aromatic nitrogens is 3. The standard InChI is InChI=1S/C11H13N3/c1-11(2,3)10-13-7-8-6-12-5-4-9(8)14-10/h4-7H,1-3H3. The normalized spacial score (nSPS) is 11.9. The molecule has 0 spiro atoms. The Labute approximate surface area is 83.2 Å². The van der Waals surface area contributed by atoms with Gasteiger partial charge < -0.3 is 0 Å².